The van der Waals surface area contributed by atoms with Crippen molar-refractivity contribution in [2.24, 2.45) is 0 Å². The van der Waals surface area contributed by atoms with Crippen LogP contribution in [0.3, 0.4) is 0 Å². The van der Waals surface area contributed by atoms with Gasteiger partial charge in [0.1, 0.15) is 0 Å². The lowest BCUT2D eigenvalue weighted by atomic mass is 10.0. The highest BCUT2D eigenvalue weighted by atomic mass is 15.2. The van der Waals surface area contributed by atoms with Crippen molar-refractivity contribution in [1.29, 1.82) is 0 Å². The second-order valence-electron chi connectivity index (χ2n) is 5.52. The van der Waals surface area contributed by atoms with E-state index in [0.717, 1.165) is 24.8 Å². The van der Waals surface area contributed by atoms with Gasteiger partial charge in [0.25, 0.3) is 0 Å². The molecule has 98 valence electrons. The number of anilines is 2. The standard InChI is InChI=1S/C15H23N3/c16-14-5-1-2-6-15(14)18-11-7-13(8-12-18)17-9-3-4-10-17/h1-2,5-6,13H,3-4,7-12,16H2. The predicted octanol–water partition coefficient (Wildman–Crippen LogP) is 2.33. The maximum absolute atomic E-state index is 6.06. The van der Waals surface area contributed by atoms with Gasteiger partial charge >= 0.3 is 0 Å². The summed E-state index contributed by atoms with van der Waals surface area (Å²) in [4.78, 5) is 5.13. The molecule has 2 heterocycles. The van der Waals surface area contributed by atoms with Gasteiger partial charge in [-0.15, -0.1) is 0 Å². The number of benzene rings is 1. The Balaban J connectivity index is 1.61. The molecule has 0 aromatic heterocycles. The van der Waals surface area contributed by atoms with Gasteiger partial charge in [-0.2, -0.15) is 0 Å². The molecule has 2 aliphatic rings. The van der Waals surface area contributed by atoms with Crippen LogP contribution >= 0.6 is 0 Å². The number of piperidine rings is 1. The number of nitrogen functional groups attached to an aromatic ring is 1. The highest BCUT2D eigenvalue weighted by Crippen LogP contribution is 2.28. The molecule has 2 saturated heterocycles. The van der Waals surface area contributed by atoms with Crippen molar-refractivity contribution in [3.63, 3.8) is 0 Å². The Bertz CT molecular complexity index is 390. The fourth-order valence-corrected chi connectivity index (χ4v) is 3.35. The van der Waals surface area contributed by atoms with Crippen molar-refractivity contribution >= 4 is 11.4 Å². The molecule has 3 rings (SSSR count). The average Bonchev–Trinajstić information content (AvgIpc) is 2.94. The minimum Gasteiger partial charge on any atom is -0.397 e. The van der Waals surface area contributed by atoms with Crippen LogP contribution in [0, 0.1) is 0 Å². The van der Waals surface area contributed by atoms with Crippen LogP contribution in [-0.2, 0) is 0 Å². The van der Waals surface area contributed by atoms with Gasteiger partial charge in [0.05, 0.1) is 11.4 Å². The van der Waals surface area contributed by atoms with Gasteiger partial charge in [-0.05, 0) is 50.9 Å². The molecule has 3 heteroatoms. The summed E-state index contributed by atoms with van der Waals surface area (Å²) in [5.74, 6) is 0. The molecule has 1 aromatic carbocycles. The van der Waals surface area contributed by atoms with Crippen molar-refractivity contribution < 1.29 is 0 Å². The molecule has 0 unspecified atom stereocenters. The Morgan fingerprint density at radius 2 is 1.61 bits per heavy atom. The van der Waals surface area contributed by atoms with Crippen molar-refractivity contribution in [2.45, 2.75) is 31.7 Å². The molecule has 2 fully saturated rings. The first-order valence-corrected chi connectivity index (χ1v) is 7.18. The van der Waals surface area contributed by atoms with E-state index in [1.54, 1.807) is 0 Å². The number of hydrogen-bond donors (Lipinski definition) is 1. The van der Waals surface area contributed by atoms with Gasteiger partial charge in [0, 0.05) is 19.1 Å². The maximum Gasteiger partial charge on any atom is 0.0599 e. The third-order valence-corrected chi connectivity index (χ3v) is 4.40. The Labute approximate surface area is 110 Å². The van der Waals surface area contributed by atoms with E-state index in [4.69, 9.17) is 5.73 Å². The van der Waals surface area contributed by atoms with Gasteiger partial charge in [0.15, 0.2) is 0 Å². The third kappa shape index (κ3) is 2.32. The molecule has 2 N–H and O–H groups in total. The Morgan fingerprint density at radius 1 is 0.944 bits per heavy atom. The van der Waals surface area contributed by atoms with Crippen molar-refractivity contribution in [3.05, 3.63) is 24.3 Å². The van der Waals surface area contributed by atoms with Gasteiger partial charge in [0.2, 0.25) is 0 Å². The van der Waals surface area contributed by atoms with Crippen LogP contribution in [0.25, 0.3) is 0 Å². The highest BCUT2D eigenvalue weighted by Gasteiger charge is 2.26. The van der Waals surface area contributed by atoms with E-state index >= 15 is 0 Å². The van der Waals surface area contributed by atoms with Crippen LogP contribution < -0.4 is 10.6 Å². The highest BCUT2D eigenvalue weighted by molar-refractivity contribution is 5.67. The normalized spacial score (nSPS) is 22.6. The number of nitrogens with two attached hydrogens (primary N) is 1. The number of hydrogen-bond acceptors (Lipinski definition) is 3. The van der Waals surface area contributed by atoms with E-state index in [1.807, 2.05) is 12.1 Å². The minimum atomic E-state index is 0.814. The minimum absolute atomic E-state index is 0.814. The summed E-state index contributed by atoms with van der Waals surface area (Å²) < 4.78 is 0. The van der Waals surface area contributed by atoms with Gasteiger partial charge in [-0.25, -0.2) is 0 Å². The summed E-state index contributed by atoms with van der Waals surface area (Å²) in [5.41, 5.74) is 8.19. The molecule has 0 amide bonds. The van der Waals surface area contributed by atoms with Crippen molar-refractivity contribution in [1.82, 2.24) is 4.90 Å². The molecule has 0 saturated carbocycles. The summed E-state index contributed by atoms with van der Waals surface area (Å²) in [5, 5.41) is 0. The number of rotatable bonds is 2. The first-order valence-electron chi connectivity index (χ1n) is 7.18. The smallest absolute Gasteiger partial charge is 0.0599 e. The van der Waals surface area contributed by atoms with Crippen LogP contribution in [0.5, 0.6) is 0 Å². The van der Waals surface area contributed by atoms with Gasteiger partial charge in [-0.3, -0.25) is 0 Å². The molecular formula is C15H23N3. The number of para-hydroxylation sites is 2. The largest absolute Gasteiger partial charge is 0.397 e. The average molecular weight is 245 g/mol. The molecule has 0 radical (unpaired) electrons. The fourth-order valence-electron chi connectivity index (χ4n) is 3.35. The third-order valence-electron chi connectivity index (χ3n) is 4.40. The van der Waals surface area contributed by atoms with Crippen LogP contribution in [-0.4, -0.2) is 37.1 Å². The van der Waals surface area contributed by atoms with E-state index in [9.17, 15) is 0 Å². The first kappa shape index (κ1) is 11.8. The lowest BCUT2D eigenvalue weighted by Crippen LogP contribution is -2.44. The van der Waals surface area contributed by atoms with E-state index in [2.05, 4.69) is 21.9 Å². The summed E-state index contributed by atoms with van der Waals surface area (Å²) in [6, 6.07) is 9.05. The van der Waals surface area contributed by atoms with Gasteiger partial charge < -0.3 is 15.5 Å². The summed E-state index contributed by atoms with van der Waals surface area (Å²) in [7, 11) is 0. The van der Waals surface area contributed by atoms with E-state index in [-0.39, 0.29) is 0 Å². The fraction of sp³-hybridized carbons (Fsp3) is 0.600. The molecule has 0 aliphatic carbocycles. The lowest BCUT2D eigenvalue weighted by Gasteiger charge is -2.38. The maximum atomic E-state index is 6.06. The topological polar surface area (TPSA) is 32.5 Å². The van der Waals surface area contributed by atoms with Crippen LogP contribution in [0.4, 0.5) is 11.4 Å². The summed E-state index contributed by atoms with van der Waals surface area (Å²) >= 11 is 0. The quantitative estimate of drug-likeness (QED) is 0.812. The van der Waals surface area contributed by atoms with Gasteiger partial charge in [-0.1, -0.05) is 12.1 Å². The zero-order chi connectivity index (χ0) is 12.4. The molecule has 0 spiro atoms. The molecule has 18 heavy (non-hydrogen) atoms. The van der Waals surface area contributed by atoms with E-state index in [0.29, 0.717) is 0 Å². The molecule has 0 atom stereocenters. The number of nitrogens with zero attached hydrogens (tertiary/aromatic N) is 2. The van der Waals surface area contributed by atoms with Crippen LogP contribution in [0.2, 0.25) is 0 Å². The Kier molecular flexibility index (Phi) is 3.41. The van der Waals surface area contributed by atoms with E-state index in [1.165, 1.54) is 44.5 Å². The molecule has 0 bridgehead atoms. The van der Waals surface area contributed by atoms with Crippen molar-refractivity contribution in [3.8, 4) is 0 Å². The van der Waals surface area contributed by atoms with Crippen LogP contribution in [0.1, 0.15) is 25.7 Å². The lowest BCUT2D eigenvalue weighted by molar-refractivity contribution is 0.208. The second kappa shape index (κ2) is 5.19. The molecule has 1 aromatic rings. The Hall–Kier alpha value is -1.22. The summed E-state index contributed by atoms with van der Waals surface area (Å²) in [6.45, 7) is 4.93. The van der Waals surface area contributed by atoms with Crippen LogP contribution in [0.15, 0.2) is 24.3 Å². The zero-order valence-corrected chi connectivity index (χ0v) is 11.0. The molecule has 3 nitrogen and oxygen atoms in total. The molecular weight excluding hydrogens is 222 g/mol. The predicted molar refractivity (Wildman–Crippen MR) is 76.9 cm³/mol. The second-order valence-corrected chi connectivity index (χ2v) is 5.52. The molecule has 2 aliphatic heterocycles. The monoisotopic (exact) mass is 245 g/mol. The Morgan fingerprint density at radius 3 is 2.28 bits per heavy atom. The van der Waals surface area contributed by atoms with Crippen molar-refractivity contribution in [2.75, 3.05) is 36.8 Å². The number of likely N-dealkylation sites (tertiary alicyclic amines) is 1. The first-order chi connectivity index (χ1) is 8.84. The van der Waals surface area contributed by atoms with E-state index < -0.39 is 0 Å². The SMILES string of the molecule is Nc1ccccc1N1CCC(N2CCCC2)CC1. The summed E-state index contributed by atoms with van der Waals surface area (Å²) in [6.07, 6.45) is 5.36. The zero-order valence-electron chi connectivity index (χ0n) is 11.0.